The number of alkyl halides is 1. The van der Waals surface area contributed by atoms with Gasteiger partial charge in [0.05, 0.1) is 6.67 Å². The summed E-state index contributed by atoms with van der Waals surface area (Å²) in [5, 5.41) is 3.39. The smallest absolute Gasteiger partial charge is 0.0923 e. The maximum Gasteiger partial charge on any atom is 0.0923 e. The second kappa shape index (κ2) is 4.70. The first kappa shape index (κ1) is 8.98. The van der Waals surface area contributed by atoms with Crippen LogP contribution in [0.25, 0.3) is 0 Å². The van der Waals surface area contributed by atoms with Crippen molar-refractivity contribution in [1.82, 2.24) is 5.32 Å². The summed E-state index contributed by atoms with van der Waals surface area (Å²) >= 11 is 0. The van der Waals surface area contributed by atoms with Gasteiger partial charge in [0.15, 0.2) is 0 Å². The molecule has 1 saturated heterocycles. The predicted octanol–water partition coefficient (Wildman–Crippen LogP) is 2.12. The molecule has 11 heavy (non-hydrogen) atoms. The van der Waals surface area contributed by atoms with Gasteiger partial charge in [-0.3, -0.25) is 4.39 Å². The molecule has 0 aromatic carbocycles. The van der Waals surface area contributed by atoms with Crippen LogP contribution < -0.4 is 5.32 Å². The van der Waals surface area contributed by atoms with Crippen molar-refractivity contribution in [3.8, 4) is 0 Å². The van der Waals surface area contributed by atoms with E-state index >= 15 is 0 Å². The van der Waals surface area contributed by atoms with Crippen LogP contribution >= 0.6 is 0 Å². The van der Waals surface area contributed by atoms with Crippen LogP contribution in [0.5, 0.6) is 0 Å². The maximum absolute atomic E-state index is 12.3. The van der Waals surface area contributed by atoms with Crippen molar-refractivity contribution < 1.29 is 4.39 Å². The van der Waals surface area contributed by atoms with E-state index in [-0.39, 0.29) is 6.67 Å². The Labute approximate surface area is 68.4 Å². The summed E-state index contributed by atoms with van der Waals surface area (Å²) in [6.07, 6.45) is 4.53. The highest BCUT2D eigenvalue weighted by molar-refractivity contribution is 4.76. The van der Waals surface area contributed by atoms with E-state index in [0.29, 0.717) is 12.0 Å². The third-order valence-corrected chi connectivity index (χ3v) is 2.58. The molecule has 1 rings (SSSR count). The molecule has 1 aliphatic heterocycles. The molecule has 2 heteroatoms. The van der Waals surface area contributed by atoms with Crippen molar-refractivity contribution in [2.45, 2.75) is 38.6 Å². The van der Waals surface area contributed by atoms with E-state index in [1.54, 1.807) is 0 Å². The first-order valence-electron chi connectivity index (χ1n) is 4.66. The summed E-state index contributed by atoms with van der Waals surface area (Å²) in [6, 6.07) is 0.607. The number of nitrogens with one attached hydrogen (secondary N) is 1. The van der Waals surface area contributed by atoms with Gasteiger partial charge in [0.25, 0.3) is 0 Å². The van der Waals surface area contributed by atoms with E-state index < -0.39 is 0 Å². The van der Waals surface area contributed by atoms with Crippen molar-refractivity contribution in [1.29, 1.82) is 0 Å². The Morgan fingerprint density at radius 1 is 1.64 bits per heavy atom. The van der Waals surface area contributed by atoms with Crippen LogP contribution in [0, 0.1) is 5.92 Å². The second-order valence-electron chi connectivity index (χ2n) is 3.46. The number of rotatable bonds is 4. The topological polar surface area (TPSA) is 12.0 Å². The minimum Gasteiger partial charge on any atom is -0.314 e. The van der Waals surface area contributed by atoms with Crippen molar-refractivity contribution in [3.63, 3.8) is 0 Å². The Morgan fingerprint density at radius 3 is 2.91 bits per heavy atom. The molecule has 1 heterocycles. The minimum absolute atomic E-state index is 0.144. The third-order valence-electron chi connectivity index (χ3n) is 2.58. The summed E-state index contributed by atoms with van der Waals surface area (Å²) in [5.41, 5.74) is 0. The fraction of sp³-hybridized carbons (Fsp3) is 1.00. The molecule has 0 radical (unpaired) electrons. The maximum atomic E-state index is 12.3. The fourth-order valence-electron chi connectivity index (χ4n) is 1.70. The molecule has 66 valence electrons. The number of hydrogen-bond donors (Lipinski definition) is 1. The van der Waals surface area contributed by atoms with Gasteiger partial charge in [-0.2, -0.15) is 0 Å². The molecule has 1 nitrogen and oxygen atoms in total. The average Bonchev–Trinajstić information content (AvgIpc) is 2.52. The summed E-state index contributed by atoms with van der Waals surface area (Å²) in [5.74, 6) is 0.297. The lowest BCUT2D eigenvalue weighted by Gasteiger charge is -2.15. The zero-order valence-electron chi connectivity index (χ0n) is 7.28. The van der Waals surface area contributed by atoms with E-state index in [9.17, 15) is 4.39 Å². The first-order valence-corrected chi connectivity index (χ1v) is 4.66. The van der Waals surface area contributed by atoms with Crippen molar-refractivity contribution >= 4 is 0 Å². The molecule has 1 aliphatic rings. The zero-order valence-corrected chi connectivity index (χ0v) is 7.28. The lowest BCUT2D eigenvalue weighted by molar-refractivity contribution is 0.308. The van der Waals surface area contributed by atoms with Crippen molar-refractivity contribution in [2.24, 2.45) is 5.92 Å². The highest BCUT2D eigenvalue weighted by atomic mass is 19.1. The zero-order chi connectivity index (χ0) is 8.10. The molecule has 0 aromatic heterocycles. The fourth-order valence-corrected chi connectivity index (χ4v) is 1.70. The van der Waals surface area contributed by atoms with E-state index in [1.807, 2.05) is 0 Å². The average molecular weight is 159 g/mol. The second-order valence-corrected chi connectivity index (χ2v) is 3.46. The molecule has 1 N–H and O–H groups in total. The van der Waals surface area contributed by atoms with Gasteiger partial charge in [0.1, 0.15) is 0 Å². The molecule has 0 aliphatic carbocycles. The lowest BCUT2D eigenvalue weighted by atomic mass is 9.98. The van der Waals surface area contributed by atoms with Gasteiger partial charge in [-0.05, 0) is 31.7 Å². The first-order chi connectivity index (χ1) is 5.36. The van der Waals surface area contributed by atoms with E-state index in [2.05, 4.69) is 12.2 Å². The van der Waals surface area contributed by atoms with Gasteiger partial charge in [0, 0.05) is 6.04 Å². The van der Waals surface area contributed by atoms with Crippen LogP contribution in [0.2, 0.25) is 0 Å². The van der Waals surface area contributed by atoms with Gasteiger partial charge in [0.2, 0.25) is 0 Å². The van der Waals surface area contributed by atoms with Gasteiger partial charge in [-0.15, -0.1) is 0 Å². The van der Waals surface area contributed by atoms with Crippen LogP contribution in [-0.2, 0) is 0 Å². The Kier molecular flexibility index (Phi) is 3.84. The van der Waals surface area contributed by atoms with Gasteiger partial charge in [-0.1, -0.05) is 13.3 Å². The normalized spacial score (nSPS) is 27.3. The lowest BCUT2D eigenvalue weighted by Crippen LogP contribution is -2.24. The van der Waals surface area contributed by atoms with Crippen LogP contribution in [0.3, 0.4) is 0 Å². The molecule has 0 saturated carbocycles. The highest BCUT2D eigenvalue weighted by Crippen LogP contribution is 2.17. The molecule has 0 bridgehead atoms. The predicted molar refractivity (Wildman–Crippen MR) is 45.4 cm³/mol. The molecule has 2 unspecified atom stereocenters. The quantitative estimate of drug-likeness (QED) is 0.662. The molecule has 1 fully saturated rings. The summed E-state index contributed by atoms with van der Waals surface area (Å²) < 4.78 is 12.3. The Bertz CT molecular complexity index is 95.7. The highest BCUT2D eigenvalue weighted by Gasteiger charge is 2.17. The van der Waals surface area contributed by atoms with Crippen LogP contribution in [-0.4, -0.2) is 19.3 Å². The van der Waals surface area contributed by atoms with Crippen LogP contribution in [0.4, 0.5) is 4.39 Å². The van der Waals surface area contributed by atoms with Crippen LogP contribution in [0.15, 0.2) is 0 Å². The Balaban J connectivity index is 2.16. The van der Waals surface area contributed by atoms with E-state index in [4.69, 9.17) is 0 Å². The molecular weight excluding hydrogens is 141 g/mol. The SMILES string of the molecule is CCC(CF)CC1CCCN1. The number of halogens is 1. The van der Waals surface area contributed by atoms with Crippen molar-refractivity contribution in [2.75, 3.05) is 13.2 Å². The summed E-state index contributed by atoms with van der Waals surface area (Å²) in [7, 11) is 0. The monoisotopic (exact) mass is 159 g/mol. The molecule has 0 spiro atoms. The van der Waals surface area contributed by atoms with Gasteiger partial charge < -0.3 is 5.32 Å². The molecular formula is C9H18FN. The third kappa shape index (κ3) is 2.78. The molecule has 2 atom stereocenters. The summed E-state index contributed by atoms with van der Waals surface area (Å²) in [4.78, 5) is 0. The molecule has 0 aromatic rings. The van der Waals surface area contributed by atoms with Gasteiger partial charge in [-0.25, -0.2) is 0 Å². The molecule has 0 amide bonds. The Morgan fingerprint density at radius 2 is 2.45 bits per heavy atom. The largest absolute Gasteiger partial charge is 0.314 e. The van der Waals surface area contributed by atoms with Crippen molar-refractivity contribution in [3.05, 3.63) is 0 Å². The summed E-state index contributed by atoms with van der Waals surface area (Å²) in [6.45, 7) is 3.06. The van der Waals surface area contributed by atoms with E-state index in [0.717, 1.165) is 19.4 Å². The van der Waals surface area contributed by atoms with Gasteiger partial charge >= 0.3 is 0 Å². The Hall–Kier alpha value is -0.110. The minimum atomic E-state index is -0.144. The number of hydrogen-bond acceptors (Lipinski definition) is 1. The van der Waals surface area contributed by atoms with E-state index in [1.165, 1.54) is 12.8 Å². The standard InChI is InChI=1S/C9H18FN/c1-2-8(7-10)6-9-4-3-5-11-9/h8-9,11H,2-7H2,1H3. The van der Waals surface area contributed by atoms with Crippen LogP contribution in [0.1, 0.15) is 32.6 Å².